The molecule has 2 aromatic rings. The molecule has 2 aromatic carbocycles. The lowest BCUT2D eigenvalue weighted by atomic mass is 10.00. The number of carbonyl (C=O) groups is 1. The van der Waals surface area contributed by atoms with Gasteiger partial charge in [-0.05, 0) is 48.6 Å². The molecule has 130 valence electrons. The van der Waals surface area contributed by atoms with E-state index in [2.05, 4.69) is 64.1 Å². The first kappa shape index (κ1) is 16.2. The number of anilines is 2. The van der Waals surface area contributed by atoms with Crippen molar-refractivity contribution < 1.29 is 4.79 Å². The Hall–Kier alpha value is -2.33. The van der Waals surface area contributed by atoms with E-state index in [4.69, 9.17) is 0 Å². The highest BCUT2D eigenvalue weighted by Crippen LogP contribution is 2.29. The highest BCUT2D eigenvalue weighted by Gasteiger charge is 2.21. The van der Waals surface area contributed by atoms with Gasteiger partial charge in [0.15, 0.2) is 0 Å². The van der Waals surface area contributed by atoms with E-state index in [0.717, 1.165) is 31.7 Å². The molecule has 0 atom stereocenters. The molecule has 2 aliphatic heterocycles. The summed E-state index contributed by atoms with van der Waals surface area (Å²) in [6.07, 6.45) is 3.79. The van der Waals surface area contributed by atoms with Crippen LogP contribution in [0, 0.1) is 0 Å². The van der Waals surface area contributed by atoms with Gasteiger partial charge < -0.3 is 15.5 Å². The summed E-state index contributed by atoms with van der Waals surface area (Å²) in [5.41, 5.74) is 4.89. The summed E-state index contributed by atoms with van der Waals surface area (Å²) in [7, 11) is 0. The van der Waals surface area contributed by atoms with Crippen molar-refractivity contribution in [3.05, 3.63) is 59.7 Å². The smallest absolute Gasteiger partial charge is 0.224 e. The second-order valence-corrected chi connectivity index (χ2v) is 7.02. The molecule has 25 heavy (non-hydrogen) atoms. The van der Waals surface area contributed by atoms with Gasteiger partial charge in [-0.1, -0.05) is 30.3 Å². The molecular weight excluding hydrogens is 310 g/mol. The van der Waals surface area contributed by atoms with Gasteiger partial charge in [-0.15, -0.1) is 0 Å². The van der Waals surface area contributed by atoms with Crippen molar-refractivity contribution in [2.24, 2.45) is 0 Å². The minimum Gasteiger partial charge on any atom is -0.371 e. The van der Waals surface area contributed by atoms with Crippen LogP contribution in [0.15, 0.2) is 48.5 Å². The van der Waals surface area contributed by atoms with E-state index in [0.29, 0.717) is 12.5 Å². The Kier molecular flexibility index (Phi) is 4.70. The molecule has 0 bridgehead atoms. The number of nitrogens with zero attached hydrogens (tertiary/aromatic N) is 1. The Morgan fingerprint density at radius 1 is 1.04 bits per heavy atom. The largest absolute Gasteiger partial charge is 0.371 e. The molecule has 1 saturated heterocycles. The van der Waals surface area contributed by atoms with Crippen LogP contribution in [0.1, 0.15) is 30.4 Å². The number of piperidine rings is 1. The van der Waals surface area contributed by atoms with E-state index in [1.54, 1.807) is 0 Å². The van der Waals surface area contributed by atoms with Crippen molar-refractivity contribution in [3.63, 3.8) is 0 Å². The molecule has 0 radical (unpaired) electrons. The van der Waals surface area contributed by atoms with Gasteiger partial charge in [0.25, 0.3) is 0 Å². The van der Waals surface area contributed by atoms with Gasteiger partial charge in [-0.2, -0.15) is 0 Å². The number of amides is 1. The first-order valence-electron chi connectivity index (χ1n) is 9.23. The molecule has 0 saturated carbocycles. The van der Waals surface area contributed by atoms with Crippen LogP contribution >= 0.6 is 0 Å². The van der Waals surface area contributed by atoms with Crippen LogP contribution in [0.25, 0.3) is 0 Å². The number of benzene rings is 2. The first-order chi connectivity index (χ1) is 12.3. The van der Waals surface area contributed by atoms with E-state index in [9.17, 15) is 4.79 Å². The van der Waals surface area contributed by atoms with Crippen molar-refractivity contribution in [2.75, 3.05) is 23.3 Å². The van der Waals surface area contributed by atoms with E-state index in [1.165, 1.54) is 29.7 Å². The zero-order chi connectivity index (χ0) is 17.1. The van der Waals surface area contributed by atoms with E-state index < -0.39 is 0 Å². The lowest BCUT2D eigenvalue weighted by Crippen LogP contribution is -2.42. The van der Waals surface area contributed by atoms with Gasteiger partial charge in [0.1, 0.15) is 0 Å². The number of hydrogen-bond donors (Lipinski definition) is 2. The van der Waals surface area contributed by atoms with E-state index in [1.807, 2.05) is 0 Å². The number of carbonyl (C=O) groups excluding carboxylic acids is 1. The highest BCUT2D eigenvalue weighted by molar-refractivity contribution is 5.94. The van der Waals surface area contributed by atoms with E-state index in [-0.39, 0.29) is 5.91 Å². The Labute approximate surface area is 149 Å². The zero-order valence-electron chi connectivity index (χ0n) is 14.5. The summed E-state index contributed by atoms with van der Waals surface area (Å²) in [6, 6.07) is 17.6. The molecule has 4 heteroatoms. The molecule has 1 amide bonds. The number of rotatable bonds is 4. The second-order valence-electron chi connectivity index (χ2n) is 7.02. The van der Waals surface area contributed by atoms with Crippen molar-refractivity contribution in [2.45, 2.75) is 38.3 Å². The SMILES string of the molecule is O=C1CCc2cc(N3CCC(NCc4ccccc4)CC3)ccc2N1. The lowest BCUT2D eigenvalue weighted by molar-refractivity contribution is -0.116. The van der Waals surface area contributed by atoms with Gasteiger partial charge in [-0.3, -0.25) is 4.79 Å². The minimum absolute atomic E-state index is 0.130. The van der Waals surface area contributed by atoms with Crippen LogP contribution in [0.4, 0.5) is 11.4 Å². The van der Waals surface area contributed by atoms with E-state index >= 15 is 0 Å². The van der Waals surface area contributed by atoms with Crippen molar-refractivity contribution in [3.8, 4) is 0 Å². The highest BCUT2D eigenvalue weighted by atomic mass is 16.1. The monoisotopic (exact) mass is 335 g/mol. The minimum atomic E-state index is 0.130. The predicted molar refractivity (Wildman–Crippen MR) is 102 cm³/mol. The molecule has 2 heterocycles. The van der Waals surface area contributed by atoms with Crippen molar-refractivity contribution in [1.29, 1.82) is 0 Å². The molecular formula is C21H25N3O. The average molecular weight is 335 g/mol. The van der Waals surface area contributed by atoms with Crippen LogP contribution in [0.2, 0.25) is 0 Å². The van der Waals surface area contributed by atoms with Crippen LogP contribution in [0.5, 0.6) is 0 Å². The molecule has 4 rings (SSSR count). The van der Waals surface area contributed by atoms with Gasteiger partial charge in [-0.25, -0.2) is 0 Å². The Morgan fingerprint density at radius 2 is 1.84 bits per heavy atom. The Morgan fingerprint density at radius 3 is 2.64 bits per heavy atom. The molecule has 0 spiro atoms. The maximum atomic E-state index is 11.5. The van der Waals surface area contributed by atoms with Crippen LogP contribution in [-0.4, -0.2) is 25.0 Å². The van der Waals surface area contributed by atoms with Gasteiger partial charge in [0, 0.05) is 43.5 Å². The molecule has 0 aromatic heterocycles. The summed E-state index contributed by atoms with van der Waals surface area (Å²) in [4.78, 5) is 14.0. The number of fused-ring (bicyclic) bond motifs is 1. The van der Waals surface area contributed by atoms with Crippen molar-refractivity contribution >= 4 is 17.3 Å². The summed E-state index contributed by atoms with van der Waals surface area (Å²) in [5, 5.41) is 6.65. The summed E-state index contributed by atoms with van der Waals surface area (Å²) in [5.74, 6) is 0.130. The maximum absolute atomic E-state index is 11.5. The fourth-order valence-corrected chi connectivity index (χ4v) is 3.77. The molecule has 0 aliphatic carbocycles. The second kappa shape index (κ2) is 7.28. The van der Waals surface area contributed by atoms with Crippen LogP contribution in [0.3, 0.4) is 0 Å². The summed E-state index contributed by atoms with van der Waals surface area (Å²) < 4.78 is 0. The third-order valence-electron chi connectivity index (χ3n) is 5.28. The maximum Gasteiger partial charge on any atom is 0.224 e. The number of aryl methyl sites for hydroxylation is 1. The fourth-order valence-electron chi connectivity index (χ4n) is 3.77. The zero-order valence-corrected chi connectivity index (χ0v) is 14.5. The third-order valence-corrected chi connectivity index (χ3v) is 5.28. The Bertz CT molecular complexity index is 736. The van der Waals surface area contributed by atoms with Gasteiger partial charge in [0.05, 0.1) is 0 Å². The third kappa shape index (κ3) is 3.85. The quantitative estimate of drug-likeness (QED) is 0.901. The topological polar surface area (TPSA) is 44.4 Å². The Balaban J connectivity index is 1.32. The number of nitrogens with one attached hydrogen (secondary N) is 2. The summed E-state index contributed by atoms with van der Waals surface area (Å²) in [6.45, 7) is 3.11. The molecule has 0 unspecified atom stereocenters. The van der Waals surface area contributed by atoms with Crippen molar-refractivity contribution in [1.82, 2.24) is 5.32 Å². The van der Waals surface area contributed by atoms with Crippen LogP contribution < -0.4 is 15.5 Å². The molecule has 4 nitrogen and oxygen atoms in total. The fraction of sp³-hybridized carbons (Fsp3) is 0.381. The summed E-state index contributed by atoms with van der Waals surface area (Å²) >= 11 is 0. The molecule has 1 fully saturated rings. The van der Waals surface area contributed by atoms with Gasteiger partial charge >= 0.3 is 0 Å². The van der Waals surface area contributed by atoms with Gasteiger partial charge in [0.2, 0.25) is 5.91 Å². The average Bonchev–Trinajstić information content (AvgIpc) is 2.67. The van der Waals surface area contributed by atoms with Crippen LogP contribution in [-0.2, 0) is 17.8 Å². The lowest BCUT2D eigenvalue weighted by Gasteiger charge is -2.34. The predicted octanol–water partition coefficient (Wildman–Crippen LogP) is 3.33. The first-order valence-corrected chi connectivity index (χ1v) is 9.23. The number of hydrogen-bond acceptors (Lipinski definition) is 3. The molecule has 2 N–H and O–H groups in total. The standard InChI is InChI=1S/C21H25N3O/c25-21-9-6-17-14-19(7-8-20(17)23-21)24-12-10-18(11-13-24)22-15-16-4-2-1-3-5-16/h1-5,7-8,14,18,22H,6,9-13,15H2,(H,23,25). The normalized spacial score (nSPS) is 17.9. The molecule has 2 aliphatic rings.